The van der Waals surface area contributed by atoms with Gasteiger partial charge < -0.3 is 5.73 Å². The number of hydrogen-bond acceptors (Lipinski definition) is 5. The molecular weight excluding hydrogens is 284 g/mol. The summed E-state index contributed by atoms with van der Waals surface area (Å²) in [5.74, 6) is 0.448. The van der Waals surface area contributed by atoms with Crippen molar-refractivity contribution < 1.29 is 4.79 Å². The second-order valence-corrected chi connectivity index (χ2v) is 4.71. The first-order valence-electron chi connectivity index (χ1n) is 5.58. The Kier molecular flexibility index (Phi) is 5.88. The molecular formula is C12H15ClN4OS. The van der Waals surface area contributed by atoms with E-state index in [-0.39, 0.29) is 18.3 Å². The molecule has 2 rings (SSSR count). The second-order valence-electron chi connectivity index (χ2n) is 3.96. The number of hydrogen-bond donors (Lipinski definition) is 2. The van der Waals surface area contributed by atoms with Gasteiger partial charge in [-0.25, -0.2) is 4.98 Å². The van der Waals surface area contributed by atoms with Gasteiger partial charge in [-0.05, 0) is 12.5 Å². The lowest BCUT2D eigenvalue weighted by Crippen LogP contribution is -2.32. The summed E-state index contributed by atoms with van der Waals surface area (Å²) in [7, 11) is 0. The van der Waals surface area contributed by atoms with Gasteiger partial charge in [-0.3, -0.25) is 10.1 Å². The quantitative estimate of drug-likeness (QED) is 0.902. The summed E-state index contributed by atoms with van der Waals surface area (Å²) in [6.45, 7) is 1.63. The SMILES string of the molecule is CC(N)C(=O)Nc1nc(Cc2ccccc2)ns1.Cl. The van der Waals surface area contributed by atoms with Crippen LogP contribution in [0.5, 0.6) is 0 Å². The number of aromatic nitrogens is 2. The van der Waals surface area contributed by atoms with Gasteiger partial charge in [0.15, 0.2) is 0 Å². The number of carbonyl (C=O) groups excluding carboxylic acids is 1. The average Bonchev–Trinajstić information content (AvgIpc) is 2.77. The minimum Gasteiger partial charge on any atom is -0.320 e. The first-order valence-corrected chi connectivity index (χ1v) is 6.35. The summed E-state index contributed by atoms with van der Waals surface area (Å²) in [5, 5.41) is 3.12. The molecule has 0 spiro atoms. The maximum Gasteiger partial charge on any atom is 0.242 e. The third-order valence-electron chi connectivity index (χ3n) is 2.32. The highest BCUT2D eigenvalue weighted by Gasteiger charge is 2.11. The zero-order valence-corrected chi connectivity index (χ0v) is 12.0. The summed E-state index contributed by atoms with van der Waals surface area (Å²) in [6, 6.07) is 9.39. The molecule has 5 nitrogen and oxygen atoms in total. The Morgan fingerprint density at radius 2 is 2.11 bits per heavy atom. The van der Waals surface area contributed by atoms with E-state index in [0.717, 1.165) is 5.56 Å². The van der Waals surface area contributed by atoms with Crippen LogP contribution in [0.1, 0.15) is 18.3 Å². The summed E-state index contributed by atoms with van der Waals surface area (Å²) in [5.41, 5.74) is 6.60. The van der Waals surface area contributed by atoms with Crippen molar-refractivity contribution in [2.24, 2.45) is 5.73 Å². The van der Waals surface area contributed by atoms with E-state index in [1.165, 1.54) is 11.5 Å². The lowest BCUT2D eigenvalue weighted by molar-refractivity contribution is -0.117. The van der Waals surface area contributed by atoms with Crippen LogP contribution in [0.4, 0.5) is 5.13 Å². The van der Waals surface area contributed by atoms with Gasteiger partial charge in [0.05, 0.1) is 6.04 Å². The molecule has 0 aliphatic carbocycles. The Morgan fingerprint density at radius 1 is 1.42 bits per heavy atom. The van der Waals surface area contributed by atoms with Crippen LogP contribution in [0.25, 0.3) is 0 Å². The van der Waals surface area contributed by atoms with Crippen molar-refractivity contribution in [2.75, 3.05) is 5.32 Å². The molecule has 1 amide bonds. The van der Waals surface area contributed by atoms with Gasteiger partial charge in [0, 0.05) is 18.0 Å². The van der Waals surface area contributed by atoms with Gasteiger partial charge in [0.25, 0.3) is 0 Å². The third-order valence-corrected chi connectivity index (χ3v) is 2.99. The highest BCUT2D eigenvalue weighted by molar-refractivity contribution is 7.09. The van der Waals surface area contributed by atoms with Crippen LogP contribution in [0.15, 0.2) is 30.3 Å². The summed E-state index contributed by atoms with van der Waals surface area (Å²) >= 11 is 1.17. The Morgan fingerprint density at radius 3 is 2.74 bits per heavy atom. The molecule has 0 saturated heterocycles. The van der Waals surface area contributed by atoms with E-state index in [0.29, 0.717) is 17.4 Å². The molecule has 1 heterocycles. The number of halogens is 1. The smallest absolute Gasteiger partial charge is 0.242 e. The number of carbonyl (C=O) groups is 1. The zero-order valence-electron chi connectivity index (χ0n) is 10.4. The van der Waals surface area contributed by atoms with E-state index < -0.39 is 6.04 Å². The molecule has 0 fully saturated rings. The van der Waals surface area contributed by atoms with Crippen molar-refractivity contribution in [1.29, 1.82) is 0 Å². The van der Waals surface area contributed by atoms with Gasteiger partial charge in [-0.1, -0.05) is 30.3 Å². The van der Waals surface area contributed by atoms with Crippen molar-refractivity contribution >= 4 is 35.0 Å². The largest absolute Gasteiger partial charge is 0.320 e. The highest BCUT2D eigenvalue weighted by atomic mass is 35.5. The number of anilines is 1. The number of benzene rings is 1. The normalized spacial score (nSPS) is 11.5. The molecule has 102 valence electrons. The molecule has 1 unspecified atom stereocenters. The summed E-state index contributed by atoms with van der Waals surface area (Å²) < 4.78 is 4.20. The third kappa shape index (κ3) is 4.59. The van der Waals surface area contributed by atoms with E-state index in [1.54, 1.807) is 6.92 Å². The molecule has 3 N–H and O–H groups in total. The number of nitrogens with two attached hydrogens (primary N) is 1. The number of rotatable bonds is 4. The standard InChI is InChI=1S/C12H14N4OS.ClH/c1-8(13)11(17)15-12-14-10(16-18-12)7-9-5-3-2-4-6-9;/h2-6,8H,7,13H2,1H3,(H,14,15,16,17);1H. The van der Waals surface area contributed by atoms with Crippen molar-refractivity contribution in [3.05, 3.63) is 41.7 Å². The van der Waals surface area contributed by atoms with Crippen LogP contribution in [0.2, 0.25) is 0 Å². The number of amides is 1. The van der Waals surface area contributed by atoms with Crippen LogP contribution in [-0.2, 0) is 11.2 Å². The van der Waals surface area contributed by atoms with E-state index >= 15 is 0 Å². The van der Waals surface area contributed by atoms with Gasteiger partial charge in [0.2, 0.25) is 11.0 Å². The minimum atomic E-state index is -0.550. The molecule has 0 saturated carbocycles. The fourth-order valence-corrected chi connectivity index (χ4v) is 1.96. The highest BCUT2D eigenvalue weighted by Crippen LogP contribution is 2.14. The molecule has 0 aliphatic rings. The van der Waals surface area contributed by atoms with Crippen LogP contribution in [-0.4, -0.2) is 21.3 Å². The van der Waals surface area contributed by atoms with Crippen molar-refractivity contribution in [2.45, 2.75) is 19.4 Å². The molecule has 0 radical (unpaired) electrons. The van der Waals surface area contributed by atoms with Gasteiger partial charge in [0.1, 0.15) is 5.82 Å². The average molecular weight is 299 g/mol. The minimum absolute atomic E-state index is 0. The molecule has 1 atom stereocenters. The van der Waals surface area contributed by atoms with Crippen LogP contribution in [0, 0.1) is 0 Å². The lowest BCUT2D eigenvalue weighted by Gasteiger charge is -2.02. The second kappa shape index (κ2) is 7.18. The van der Waals surface area contributed by atoms with E-state index in [2.05, 4.69) is 14.7 Å². The van der Waals surface area contributed by atoms with E-state index in [4.69, 9.17) is 5.73 Å². The van der Waals surface area contributed by atoms with Crippen LogP contribution < -0.4 is 11.1 Å². The Hall–Kier alpha value is -1.50. The van der Waals surface area contributed by atoms with Crippen LogP contribution in [0.3, 0.4) is 0 Å². The Labute approximate surface area is 121 Å². The fourth-order valence-electron chi connectivity index (χ4n) is 1.37. The number of nitrogens with zero attached hydrogens (tertiary/aromatic N) is 2. The molecule has 19 heavy (non-hydrogen) atoms. The Balaban J connectivity index is 0.00000180. The number of nitrogens with one attached hydrogen (secondary N) is 1. The molecule has 1 aromatic heterocycles. The van der Waals surface area contributed by atoms with E-state index in [1.807, 2.05) is 30.3 Å². The first-order chi connectivity index (χ1) is 8.65. The van der Waals surface area contributed by atoms with Crippen molar-refractivity contribution in [1.82, 2.24) is 9.36 Å². The predicted octanol–water partition coefficient (Wildman–Crippen LogP) is 1.84. The topological polar surface area (TPSA) is 80.9 Å². The first kappa shape index (κ1) is 15.6. The van der Waals surface area contributed by atoms with E-state index in [9.17, 15) is 4.79 Å². The summed E-state index contributed by atoms with van der Waals surface area (Å²) in [6.07, 6.45) is 0.658. The molecule has 1 aromatic carbocycles. The van der Waals surface area contributed by atoms with Gasteiger partial charge in [-0.2, -0.15) is 4.37 Å². The van der Waals surface area contributed by atoms with Crippen molar-refractivity contribution in [3.63, 3.8) is 0 Å². The van der Waals surface area contributed by atoms with Crippen LogP contribution >= 0.6 is 23.9 Å². The fraction of sp³-hybridized carbons (Fsp3) is 0.250. The van der Waals surface area contributed by atoms with Crippen molar-refractivity contribution in [3.8, 4) is 0 Å². The lowest BCUT2D eigenvalue weighted by atomic mass is 10.1. The Bertz CT molecular complexity index is 530. The zero-order chi connectivity index (χ0) is 13.0. The van der Waals surface area contributed by atoms with Gasteiger partial charge >= 0.3 is 0 Å². The maximum absolute atomic E-state index is 11.4. The molecule has 0 aliphatic heterocycles. The van der Waals surface area contributed by atoms with Gasteiger partial charge in [-0.15, -0.1) is 12.4 Å². The molecule has 7 heteroatoms. The maximum atomic E-state index is 11.4. The molecule has 0 bridgehead atoms. The predicted molar refractivity (Wildman–Crippen MR) is 78.7 cm³/mol. The molecule has 2 aromatic rings. The monoisotopic (exact) mass is 298 g/mol. The summed E-state index contributed by atoms with van der Waals surface area (Å²) in [4.78, 5) is 15.6.